The molecule has 0 aliphatic rings. The van der Waals surface area contributed by atoms with Crippen molar-refractivity contribution in [2.75, 3.05) is 20.3 Å². The van der Waals surface area contributed by atoms with Gasteiger partial charge in [0.05, 0.1) is 6.61 Å². The molecular weight excluding hydrogens is 218 g/mol. The van der Waals surface area contributed by atoms with Gasteiger partial charge < -0.3 is 9.84 Å². The fourth-order valence-corrected chi connectivity index (χ4v) is 1.60. The maximum atomic E-state index is 11.1. The molecule has 0 aliphatic carbocycles. The lowest BCUT2D eigenvalue weighted by Crippen LogP contribution is -2.31. The van der Waals surface area contributed by atoms with Gasteiger partial charge in [0, 0.05) is 13.7 Å². The third-order valence-corrected chi connectivity index (χ3v) is 2.62. The highest BCUT2D eigenvalue weighted by Crippen LogP contribution is 2.14. The second kappa shape index (κ2) is 7.04. The Bertz CT molecular complexity index is 348. The Kier molecular flexibility index (Phi) is 5.66. The highest BCUT2D eigenvalue weighted by atomic mass is 16.5. The molecule has 0 fully saturated rings. The van der Waals surface area contributed by atoms with Crippen LogP contribution in [-0.2, 0) is 16.0 Å². The van der Waals surface area contributed by atoms with Crippen LogP contribution in [-0.4, -0.2) is 31.3 Å². The van der Waals surface area contributed by atoms with E-state index in [0.717, 1.165) is 12.0 Å². The summed E-state index contributed by atoms with van der Waals surface area (Å²) < 4.78 is 4.89. The number of carbonyl (C=O) groups is 1. The van der Waals surface area contributed by atoms with E-state index >= 15 is 0 Å². The van der Waals surface area contributed by atoms with Crippen LogP contribution in [0, 0.1) is 0 Å². The second-order valence-corrected chi connectivity index (χ2v) is 3.81. The Morgan fingerprint density at radius 2 is 2.06 bits per heavy atom. The van der Waals surface area contributed by atoms with Gasteiger partial charge in [-0.2, -0.15) is 0 Å². The standard InChI is InChI=1S/C13H19NO3/c1-3-10-4-6-11(7-5-10)12(13(15)16)14-8-9-17-2/h4-7,12,14H,3,8-9H2,1-2H3,(H,15,16). The zero-order valence-corrected chi connectivity index (χ0v) is 10.3. The molecule has 4 heteroatoms. The number of carboxylic acids is 1. The third-order valence-electron chi connectivity index (χ3n) is 2.62. The normalized spacial score (nSPS) is 12.4. The summed E-state index contributed by atoms with van der Waals surface area (Å²) in [6, 6.07) is 6.97. The van der Waals surface area contributed by atoms with Crippen molar-refractivity contribution in [2.24, 2.45) is 0 Å². The number of hydrogen-bond donors (Lipinski definition) is 2. The van der Waals surface area contributed by atoms with Crippen molar-refractivity contribution >= 4 is 5.97 Å². The summed E-state index contributed by atoms with van der Waals surface area (Å²) in [4.78, 5) is 11.1. The van der Waals surface area contributed by atoms with Crippen LogP contribution < -0.4 is 5.32 Å². The summed E-state index contributed by atoms with van der Waals surface area (Å²) in [6.07, 6.45) is 0.953. The van der Waals surface area contributed by atoms with Crippen LogP contribution in [0.25, 0.3) is 0 Å². The zero-order valence-electron chi connectivity index (χ0n) is 10.3. The maximum absolute atomic E-state index is 11.1. The minimum Gasteiger partial charge on any atom is -0.480 e. The molecule has 17 heavy (non-hydrogen) atoms. The lowest BCUT2D eigenvalue weighted by molar-refractivity contribution is -0.139. The lowest BCUT2D eigenvalue weighted by atomic mass is 10.0. The number of hydrogen-bond acceptors (Lipinski definition) is 3. The molecular formula is C13H19NO3. The lowest BCUT2D eigenvalue weighted by Gasteiger charge is -2.14. The van der Waals surface area contributed by atoms with Crippen molar-refractivity contribution in [1.82, 2.24) is 5.32 Å². The van der Waals surface area contributed by atoms with Crippen molar-refractivity contribution < 1.29 is 14.6 Å². The molecule has 1 aromatic carbocycles. The molecule has 94 valence electrons. The van der Waals surface area contributed by atoms with E-state index in [9.17, 15) is 4.79 Å². The van der Waals surface area contributed by atoms with Crippen molar-refractivity contribution in [3.63, 3.8) is 0 Å². The Morgan fingerprint density at radius 3 is 2.53 bits per heavy atom. The molecule has 1 unspecified atom stereocenters. The van der Waals surface area contributed by atoms with Crippen molar-refractivity contribution in [1.29, 1.82) is 0 Å². The van der Waals surface area contributed by atoms with E-state index in [1.165, 1.54) is 5.56 Å². The first-order valence-electron chi connectivity index (χ1n) is 5.73. The van der Waals surface area contributed by atoms with Crippen LogP contribution in [0.1, 0.15) is 24.1 Å². The highest BCUT2D eigenvalue weighted by molar-refractivity contribution is 5.75. The Morgan fingerprint density at radius 1 is 1.41 bits per heavy atom. The third kappa shape index (κ3) is 4.17. The van der Waals surface area contributed by atoms with Crippen LogP contribution in [0.2, 0.25) is 0 Å². The van der Waals surface area contributed by atoms with Gasteiger partial charge in [-0.15, -0.1) is 0 Å². The quantitative estimate of drug-likeness (QED) is 0.707. The van der Waals surface area contributed by atoms with Gasteiger partial charge in [-0.3, -0.25) is 10.1 Å². The monoisotopic (exact) mass is 237 g/mol. The Hall–Kier alpha value is -1.39. The number of carboxylic acid groups (broad SMARTS) is 1. The zero-order chi connectivity index (χ0) is 12.7. The molecule has 0 spiro atoms. The van der Waals surface area contributed by atoms with Gasteiger partial charge in [0.25, 0.3) is 0 Å². The molecule has 2 N–H and O–H groups in total. The average Bonchev–Trinajstić information content (AvgIpc) is 2.34. The molecule has 4 nitrogen and oxygen atoms in total. The smallest absolute Gasteiger partial charge is 0.325 e. The average molecular weight is 237 g/mol. The minimum atomic E-state index is -0.870. The van der Waals surface area contributed by atoms with E-state index in [-0.39, 0.29) is 0 Å². The largest absolute Gasteiger partial charge is 0.480 e. The van der Waals surface area contributed by atoms with Crippen LogP contribution in [0.5, 0.6) is 0 Å². The van der Waals surface area contributed by atoms with Gasteiger partial charge in [0.2, 0.25) is 0 Å². The van der Waals surface area contributed by atoms with Crippen molar-refractivity contribution in [3.05, 3.63) is 35.4 Å². The number of ether oxygens (including phenoxy) is 1. The van der Waals surface area contributed by atoms with Crippen molar-refractivity contribution in [2.45, 2.75) is 19.4 Å². The first-order chi connectivity index (χ1) is 8.19. The van der Waals surface area contributed by atoms with Crippen LogP contribution in [0.3, 0.4) is 0 Å². The van der Waals surface area contributed by atoms with E-state index in [4.69, 9.17) is 9.84 Å². The van der Waals surface area contributed by atoms with Gasteiger partial charge in [-0.25, -0.2) is 0 Å². The molecule has 0 radical (unpaired) electrons. The highest BCUT2D eigenvalue weighted by Gasteiger charge is 2.18. The van der Waals surface area contributed by atoms with Gasteiger partial charge in [0.15, 0.2) is 0 Å². The number of methoxy groups -OCH3 is 1. The molecule has 1 aromatic rings. The SMILES string of the molecule is CCc1ccc(C(NCCOC)C(=O)O)cc1. The molecule has 1 rings (SSSR count). The molecule has 0 bridgehead atoms. The number of aliphatic carboxylic acids is 1. The summed E-state index contributed by atoms with van der Waals surface area (Å²) in [5.74, 6) is -0.870. The van der Waals surface area contributed by atoms with Gasteiger partial charge >= 0.3 is 5.97 Å². The van der Waals surface area contributed by atoms with Crippen molar-refractivity contribution in [3.8, 4) is 0 Å². The minimum absolute atomic E-state index is 0.497. The van der Waals surface area contributed by atoms with E-state index in [1.54, 1.807) is 7.11 Å². The first kappa shape index (κ1) is 13.7. The number of aryl methyl sites for hydroxylation is 1. The topological polar surface area (TPSA) is 58.6 Å². The fraction of sp³-hybridized carbons (Fsp3) is 0.462. The number of rotatable bonds is 7. The summed E-state index contributed by atoms with van der Waals surface area (Å²) >= 11 is 0. The molecule has 0 saturated heterocycles. The van der Waals surface area contributed by atoms with E-state index in [2.05, 4.69) is 12.2 Å². The predicted molar refractivity (Wildman–Crippen MR) is 66.1 cm³/mol. The Labute approximate surface area is 102 Å². The van der Waals surface area contributed by atoms with Crippen LogP contribution >= 0.6 is 0 Å². The molecule has 0 aliphatic heterocycles. The predicted octanol–water partition coefficient (Wildman–Crippen LogP) is 1.61. The second-order valence-electron chi connectivity index (χ2n) is 3.81. The molecule has 0 aromatic heterocycles. The Balaban J connectivity index is 2.71. The van der Waals surface area contributed by atoms with Crippen LogP contribution in [0.15, 0.2) is 24.3 Å². The van der Waals surface area contributed by atoms with E-state index < -0.39 is 12.0 Å². The van der Waals surface area contributed by atoms with Gasteiger partial charge in [0.1, 0.15) is 6.04 Å². The van der Waals surface area contributed by atoms with Crippen LogP contribution in [0.4, 0.5) is 0 Å². The molecule has 0 amide bonds. The van der Waals surface area contributed by atoms with E-state index in [0.29, 0.717) is 13.2 Å². The number of nitrogens with one attached hydrogen (secondary N) is 1. The summed E-state index contributed by atoms with van der Waals surface area (Å²) in [6.45, 7) is 3.08. The maximum Gasteiger partial charge on any atom is 0.325 e. The van der Waals surface area contributed by atoms with Gasteiger partial charge in [-0.05, 0) is 17.5 Å². The summed E-state index contributed by atoms with van der Waals surface area (Å²) in [5.41, 5.74) is 1.97. The molecule has 1 atom stereocenters. The first-order valence-corrected chi connectivity index (χ1v) is 5.73. The fourth-order valence-electron chi connectivity index (χ4n) is 1.60. The summed E-state index contributed by atoms with van der Waals surface area (Å²) in [5, 5.41) is 12.1. The molecule has 0 saturated carbocycles. The molecule has 0 heterocycles. The van der Waals surface area contributed by atoms with E-state index in [1.807, 2.05) is 24.3 Å². The summed E-state index contributed by atoms with van der Waals surface area (Å²) in [7, 11) is 1.59. The number of benzene rings is 1. The van der Waals surface area contributed by atoms with Gasteiger partial charge in [-0.1, -0.05) is 31.2 Å².